The Morgan fingerprint density at radius 2 is 1.85 bits per heavy atom. The van der Waals surface area contributed by atoms with E-state index in [1.54, 1.807) is 19.1 Å². The highest BCUT2D eigenvalue weighted by atomic mass is 32.2. The van der Waals surface area contributed by atoms with Gasteiger partial charge in [-0.1, -0.05) is 20.8 Å². The van der Waals surface area contributed by atoms with E-state index in [9.17, 15) is 8.42 Å². The van der Waals surface area contributed by atoms with Gasteiger partial charge >= 0.3 is 0 Å². The van der Waals surface area contributed by atoms with Crippen LogP contribution in [0.25, 0.3) is 0 Å². The van der Waals surface area contributed by atoms with Gasteiger partial charge in [-0.15, -0.1) is 0 Å². The number of rotatable bonds is 7. The number of hydrogen-bond donors (Lipinski definition) is 2. The van der Waals surface area contributed by atoms with Crippen molar-refractivity contribution in [2.75, 3.05) is 24.2 Å². The summed E-state index contributed by atoms with van der Waals surface area (Å²) < 4.78 is 26.6. The molecule has 0 fully saturated rings. The van der Waals surface area contributed by atoms with E-state index in [2.05, 4.69) is 23.5 Å². The highest BCUT2D eigenvalue weighted by molar-refractivity contribution is 7.89. The van der Waals surface area contributed by atoms with Crippen LogP contribution in [0.15, 0.2) is 23.1 Å². The number of hydrogen-bond acceptors (Lipinski definition) is 4. The van der Waals surface area contributed by atoms with Crippen LogP contribution in [-0.2, 0) is 10.0 Å². The molecule has 0 radical (unpaired) electrons. The van der Waals surface area contributed by atoms with E-state index < -0.39 is 10.0 Å². The first-order chi connectivity index (χ1) is 9.37. The fourth-order valence-electron chi connectivity index (χ4n) is 2.30. The van der Waals surface area contributed by atoms with Gasteiger partial charge in [-0.2, -0.15) is 0 Å². The van der Waals surface area contributed by atoms with Gasteiger partial charge in [-0.3, -0.25) is 0 Å². The molecule has 114 valence electrons. The largest absolute Gasteiger partial charge is 0.397 e. The molecule has 0 saturated carbocycles. The summed E-state index contributed by atoms with van der Waals surface area (Å²) in [6.45, 7) is 6.34. The first kappa shape index (κ1) is 16.8. The zero-order valence-corrected chi connectivity index (χ0v) is 13.5. The predicted molar refractivity (Wildman–Crippen MR) is 84.5 cm³/mol. The molecule has 1 aromatic rings. The van der Waals surface area contributed by atoms with Gasteiger partial charge in [-0.25, -0.2) is 13.1 Å². The molecule has 1 rings (SSSR count). The number of nitrogens with two attached hydrogens (primary N) is 1. The van der Waals surface area contributed by atoms with Crippen LogP contribution in [0.5, 0.6) is 0 Å². The molecule has 0 unspecified atom stereocenters. The number of nitrogens with zero attached hydrogens (tertiary/aromatic N) is 1. The number of nitrogens with one attached hydrogen (secondary N) is 1. The second-order valence-corrected chi connectivity index (χ2v) is 6.57. The highest BCUT2D eigenvalue weighted by Gasteiger charge is 2.18. The van der Waals surface area contributed by atoms with Crippen molar-refractivity contribution in [1.82, 2.24) is 4.72 Å². The zero-order valence-electron chi connectivity index (χ0n) is 12.7. The highest BCUT2D eigenvalue weighted by Crippen LogP contribution is 2.28. The van der Waals surface area contributed by atoms with Crippen LogP contribution < -0.4 is 15.4 Å². The molecular formula is C14H25N3O2S. The smallest absolute Gasteiger partial charge is 0.240 e. The van der Waals surface area contributed by atoms with Crippen molar-refractivity contribution in [3.05, 3.63) is 18.2 Å². The van der Waals surface area contributed by atoms with E-state index in [0.717, 1.165) is 18.5 Å². The number of nitrogen functional groups attached to an aromatic ring is 1. The topological polar surface area (TPSA) is 75.4 Å². The molecule has 0 heterocycles. The van der Waals surface area contributed by atoms with E-state index >= 15 is 0 Å². The normalized spacial score (nSPS) is 11.8. The quantitative estimate of drug-likeness (QED) is 0.757. The summed E-state index contributed by atoms with van der Waals surface area (Å²) in [5.41, 5.74) is 7.35. The maximum atomic E-state index is 12.1. The Morgan fingerprint density at radius 1 is 1.25 bits per heavy atom. The van der Waals surface area contributed by atoms with E-state index in [4.69, 9.17) is 5.73 Å². The second-order valence-electron chi connectivity index (χ2n) is 4.80. The molecule has 1 aromatic carbocycles. The third kappa shape index (κ3) is 3.64. The van der Waals surface area contributed by atoms with Gasteiger partial charge in [0.1, 0.15) is 0 Å². The van der Waals surface area contributed by atoms with Gasteiger partial charge in [0.05, 0.1) is 16.3 Å². The molecule has 6 heteroatoms. The Bertz CT molecular complexity index is 539. The molecule has 0 aliphatic heterocycles. The van der Waals surface area contributed by atoms with Crippen molar-refractivity contribution in [3.63, 3.8) is 0 Å². The average molecular weight is 299 g/mol. The summed E-state index contributed by atoms with van der Waals surface area (Å²) in [7, 11) is -1.50. The van der Waals surface area contributed by atoms with E-state index in [0.29, 0.717) is 18.3 Å². The summed E-state index contributed by atoms with van der Waals surface area (Å²) in [5, 5.41) is 0. The number of anilines is 2. The zero-order chi connectivity index (χ0) is 15.3. The molecule has 0 amide bonds. The minimum atomic E-state index is -3.45. The lowest BCUT2D eigenvalue weighted by molar-refractivity contribution is 0.582. The Morgan fingerprint density at radius 3 is 2.35 bits per heavy atom. The molecule has 0 bridgehead atoms. The van der Waals surface area contributed by atoms with Crippen LogP contribution in [0.1, 0.15) is 33.6 Å². The third-order valence-corrected chi connectivity index (χ3v) is 5.06. The first-order valence-electron chi connectivity index (χ1n) is 6.99. The first-order valence-corrected chi connectivity index (χ1v) is 8.47. The molecule has 0 spiro atoms. The van der Waals surface area contributed by atoms with Crippen molar-refractivity contribution in [1.29, 1.82) is 0 Å². The Hall–Kier alpha value is -1.27. The lowest BCUT2D eigenvalue weighted by Crippen LogP contribution is -2.31. The Labute approximate surface area is 122 Å². The fraction of sp³-hybridized carbons (Fsp3) is 0.571. The van der Waals surface area contributed by atoms with Crippen LogP contribution in [0.4, 0.5) is 11.4 Å². The molecule has 0 saturated heterocycles. The van der Waals surface area contributed by atoms with Gasteiger partial charge in [-0.05, 0) is 31.0 Å². The second kappa shape index (κ2) is 6.95. The standard InChI is InChI=1S/C14H25N3O2S/c1-5-11(6-2)17(4)14-10-12(8-9-13(14)15)20(18,19)16-7-3/h8-11,16H,5-7,15H2,1-4H3. The molecule has 20 heavy (non-hydrogen) atoms. The van der Waals surface area contributed by atoms with Crippen molar-refractivity contribution in [2.45, 2.75) is 44.6 Å². The molecule has 0 aromatic heterocycles. The lowest BCUT2D eigenvalue weighted by Gasteiger charge is -2.29. The van der Waals surface area contributed by atoms with Gasteiger partial charge in [0.2, 0.25) is 10.0 Å². The van der Waals surface area contributed by atoms with Crippen LogP contribution in [0.2, 0.25) is 0 Å². The monoisotopic (exact) mass is 299 g/mol. The Kier molecular flexibility index (Phi) is 5.83. The minimum Gasteiger partial charge on any atom is -0.397 e. The van der Waals surface area contributed by atoms with E-state index in [1.165, 1.54) is 6.07 Å². The Balaban J connectivity index is 3.22. The maximum absolute atomic E-state index is 12.1. The minimum absolute atomic E-state index is 0.251. The summed E-state index contributed by atoms with van der Waals surface area (Å²) >= 11 is 0. The van der Waals surface area contributed by atoms with E-state index in [1.807, 2.05) is 7.05 Å². The summed E-state index contributed by atoms with van der Waals surface area (Å²) in [6.07, 6.45) is 1.97. The predicted octanol–water partition coefficient (Wildman–Crippen LogP) is 2.19. The molecule has 0 aliphatic rings. The molecule has 5 nitrogen and oxygen atoms in total. The fourth-order valence-corrected chi connectivity index (χ4v) is 3.36. The molecule has 0 aliphatic carbocycles. The molecule has 3 N–H and O–H groups in total. The van der Waals surface area contributed by atoms with Gasteiger partial charge in [0, 0.05) is 19.6 Å². The van der Waals surface area contributed by atoms with Crippen LogP contribution in [0, 0.1) is 0 Å². The van der Waals surface area contributed by atoms with E-state index in [-0.39, 0.29) is 4.90 Å². The van der Waals surface area contributed by atoms with Crippen LogP contribution in [0.3, 0.4) is 0 Å². The average Bonchev–Trinajstić information content (AvgIpc) is 2.40. The van der Waals surface area contributed by atoms with Gasteiger partial charge in [0.15, 0.2) is 0 Å². The SMILES string of the molecule is CCNS(=O)(=O)c1ccc(N)c(N(C)C(CC)CC)c1. The molecular weight excluding hydrogens is 274 g/mol. The van der Waals surface area contributed by atoms with Crippen molar-refractivity contribution in [3.8, 4) is 0 Å². The van der Waals surface area contributed by atoms with Crippen molar-refractivity contribution >= 4 is 21.4 Å². The van der Waals surface area contributed by atoms with Crippen molar-refractivity contribution in [2.24, 2.45) is 0 Å². The summed E-state index contributed by atoms with van der Waals surface area (Å²) in [6, 6.07) is 5.18. The number of benzene rings is 1. The van der Waals surface area contributed by atoms with Gasteiger partial charge in [0.25, 0.3) is 0 Å². The van der Waals surface area contributed by atoms with Crippen LogP contribution >= 0.6 is 0 Å². The number of sulfonamides is 1. The lowest BCUT2D eigenvalue weighted by atomic mass is 10.1. The third-order valence-electron chi connectivity index (χ3n) is 3.52. The summed E-state index contributed by atoms with van der Waals surface area (Å²) in [4.78, 5) is 2.31. The van der Waals surface area contributed by atoms with Crippen LogP contribution in [-0.4, -0.2) is 28.1 Å². The van der Waals surface area contributed by atoms with Gasteiger partial charge < -0.3 is 10.6 Å². The summed E-state index contributed by atoms with van der Waals surface area (Å²) in [5.74, 6) is 0. The molecule has 0 atom stereocenters. The van der Waals surface area contributed by atoms with Crippen molar-refractivity contribution < 1.29 is 8.42 Å². The maximum Gasteiger partial charge on any atom is 0.240 e.